The number of pyridine rings is 2. The Morgan fingerprint density at radius 2 is 2.10 bits per heavy atom. The molecule has 0 fully saturated rings. The summed E-state index contributed by atoms with van der Waals surface area (Å²) < 4.78 is 5.78. The third-order valence-electron chi connectivity index (χ3n) is 2.39. The van der Waals surface area contributed by atoms with Crippen molar-refractivity contribution in [1.82, 2.24) is 9.97 Å². The molecule has 0 radical (unpaired) electrons. The SMILES string of the molecule is NC(N)=NC(=O)OCc1cccc(-c2ccc(I)nc2)n1. The Morgan fingerprint density at radius 1 is 1.29 bits per heavy atom. The lowest BCUT2D eigenvalue weighted by Gasteiger charge is -2.05. The number of halogens is 1. The lowest BCUT2D eigenvalue weighted by molar-refractivity contribution is 0.149. The van der Waals surface area contributed by atoms with Gasteiger partial charge >= 0.3 is 6.09 Å². The third kappa shape index (κ3) is 4.67. The first-order valence-electron chi connectivity index (χ1n) is 5.89. The smallest absolute Gasteiger partial charge is 0.437 e. The van der Waals surface area contributed by atoms with Crippen LogP contribution < -0.4 is 11.5 Å². The van der Waals surface area contributed by atoms with Crippen LogP contribution in [-0.4, -0.2) is 22.0 Å². The van der Waals surface area contributed by atoms with E-state index < -0.39 is 6.09 Å². The van der Waals surface area contributed by atoms with E-state index in [4.69, 9.17) is 16.2 Å². The zero-order chi connectivity index (χ0) is 15.2. The molecule has 0 aliphatic heterocycles. The number of aliphatic imine (C=N–C) groups is 1. The largest absolute Gasteiger partial charge is 0.441 e. The number of hydrogen-bond donors (Lipinski definition) is 2. The topological polar surface area (TPSA) is 116 Å². The molecule has 0 aliphatic rings. The number of carbonyl (C=O) groups is 1. The maximum atomic E-state index is 11.2. The van der Waals surface area contributed by atoms with Crippen LogP contribution in [-0.2, 0) is 11.3 Å². The Kier molecular flexibility index (Phi) is 5.04. The molecule has 0 bridgehead atoms. The molecule has 0 unspecified atom stereocenters. The Bertz CT molecular complexity index is 669. The van der Waals surface area contributed by atoms with E-state index in [1.807, 2.05) is 24.3 Å². The molecule has 0 saturated heterocycles. The minimum Gasteiger partial charge on any atom is -0.441 e. The molecule has 0 aliphatic carbocycles. The summed E-state index contributed by atoms with van der Waals surface area (Å²) in [6, 6.07) is 9.23. The van der Waals surface area contributed by atoms with E-state index in [1.54, 1.807) is 12.3 Å². The van der Waals surface area contributed by atoms with Gasteiger partial charge in [-0.2, -0.15) is 0 Å². The van der Waals surface area contributed by atoms with E-state index in [0.29, 0.717) is 5.69 Å². The first-order chi connectivity index (χ1) is 10.0. The third-order valence-corrected chi connectivity index (χ3v) is 3.03. The van der Waals surface area contributed by atoms with Crippen molar-refractivity contribution in [3.8, 4) is 11.3 Å². The fraction of sp³-hybridized carbons (Fsp3) is 0.0769. The Morgan fingerprint density at radius 3 is 2.76 bits per heavy atom. The van der Waals surface area contributed by atoms with E-state index in [1.165, 1.54) is 0 Å². The molecular weight excluding hydrogens is 385 g/mol. The van der Waals surface area contributed by atoms with Gasteiger partial charge in [-0.1, -0.05) is 6.07 Å². The zero-order valence-corrected chi connectivity index (χ0v) is 13.0. The van der Waals surface area contributed by atoms with E-state index in [-0.39, 0.29) is 12.6 Å². The van der Waals surface area contributed by atoms with Crippen LogP contribution >= 0.6 is 22.6 Å². The Hall–Kier alpha value is -2.23. The van der Waals surface area contributed by atoms with Crippen molar-refractivity contribution in [3.05, 3.63) is 45.9 Å². The number of ether oxygens (including phenoxy) is 1. The number of aromatic nitrogens is 2. The van der Waals surface area contributed by atoms with Crippen molar-refractivity contribution < 1.29 is 9.53 Å². The second-order valence-electron chi connectivity index (χ2n) is 3.98. The summed E-state index contributed by atoms with van der Waals surface area (Å²) in [4.78, 5) is 23.1. The highest BCUT2D eigenvalue weighted by atomic mass is 127. The van der Waals surface area contributed by atoms with Crippen molar-refractivity contribution in [1.29, 1.82) is 0 Å². The van der Waals surface area contributed by atoms with Crippen LogP contribution in [0.15, 0.2) is 41.5 Å². The minimum absolute atomic E-state index is 0.0126. The molecule has 7 nitrogen and oxygen atoms in total. The van der Waals surface area contributed by atoms with Gasteiger partial charge in [-0.25, -0.2) is 14.8 Å². The number of amides is 1. The molecule has 2 aromatic rings. The predicted octanol–water partition coefficient (Wildman–Crippen LogP) is 1.66. The number of carbonyl (C=O) groups excluding carboxylic acids is 1. The second-order valence-corrected chi connectivity index (χ2v) is 5.08. The fourth-order valence-electron chi connectivity index (χ4n) is 1.52. The highest BCUT2D eigenvalue weighted by molar-refractivity contribution is 14.1. The van der Waals surface area contributed by atoms with Crippen LogP contribution in [0, 0.1) is 3.70 Å². The average molecular weight is 397 g/mol. The van der Waals surface area contributed by atoms with Gasteiger partial charge in [0.05, 0.1) is 11.4 Å². The summed E-state index contributed by atoms with van der Waals surface area (Å²) in [5.74, 6) is -0.341. The zero-order valence-electron chi connectivity index (χ0n) is 10.9. The predicted molar refractivity (Wildman–Crippen MR) is 86.2 cm³/mol. The van der Waals surface area contributed by atoms with Crippen molar-refractivity contribution in [2.75, 3.05) is 0 Å². The number of nitrogens with zero attached hydrogens (tertiary/aromatic N) is 3. The van der Waals surface area contributed by atoms with Gasteiger partial charge in [-0.05, 0) is 46.9 Å². The molecule has 2 heterocycles. The van der Waals surface area contributed by atoms with E-state index in [2.05, 4.69) is 37.6 Å². The van der Waals surface area contributed by atoms with Gasteiger partial charge in [0.15, 0.2) is 5.96 Å². The summed E-state index contributed by atoms with van der Waals surface area (Å²) >= 11 is 2.13. The Balaban J connectivity index is 2.09. The average Bonchev–Trinajstić information content (AvgIpc) is 2.45. The molecular formula is C13H12IN5O2. The van der Waals surface area contributed by atoms with Crippen LogP contribution in [0.4, 0.5) is 4.79 Å². The molecule has 4 N–H and O–H groups in total. The summed E-state index contributed by atoms with van der Waals surface area (Å²) in [5, 5.41) is 0. The van der Waals surface area contributed by atoms with Crippen LogP contribution in [0.2, 0.25) is 0 Å². The minimum atomic E-state index is -0.849. The molecule has 8 heteroatoms. The van der Waals surface area contributed by atoms with Crippen molar-refractivity contribution in [3.63, 3.8) is 0 Å². The fourth-order valence-corrected chi connectivity index (χ4v) is 1.84. The number of guanidine groups is 1. The van der Waals surface area contributed by atoms with Gasteiger partial charge in [0.1, 0.15) is 10.3 Å². The number of hydrogen-bond acceptors (Lipinski definition) is 4. The van der Waals surface area contributed by atoms with E-state index >= 15 is 0 Å². The molecule has 0 atom stereocenters. The summed E-state index contributed by atoms with van der Waals surface area (Å²) in [6.45, 7) is -0.0126. The lowest BCUT2D eigenvalue weighted by atomic mass is 10.2. The maximum Gasteiger partial charge on any atom is 0.437 e. The van der Waals surface area contributed by atoms with Gasteiger partial charge in [-0.3, -0.25) is 0 Å². The van der Waals surface area contributed by atoms with Gasteiger partial charge in [0.25, 0.3) is 0 Å². The van der Waals surface area contributed by atoms with Crippen molar-refractivity contribution in [2.45, 2.75) is 6.61 Å². The summed E-state index contributed by atoms with van der Waals surface area (Å²) in [6.07, 6.45) is 0.886. The lowest BCUT2D eigenvalue weighted by Crippen LogP contribution is -2.24. The highest BCUT2D eigenvalue weighted by Crippen LogP contribution is 2.17. The normalized spacial score (nSPS) is 9.95. The van der Waals surface area contributed by atoms with Crippen LogP contribution in [0.5, 0.6) is 0 Å². The van der Waals surface area contributed by atoms with E-state index in [9.17, 15) is 4.79 Å². The number of nitrogens with two attached hydrogens (primary N) is 2. The van der Waals surface area contributed by atoms with Crippen molar-refractivity contribution >= 4 is 34.6 Å². The molecule has 108 valence electrons. The van der Waals surface area contributed by atoms with Gasteiger partial charge in [0.2, 0.25) is 0 Å². The van der Waals surface area contributed by atoms with Crippen LogP contribution in [0.3, 0.4) is 0 Å². The van der Waals surface area contributed by atoms with Crippen LogP contribution in [0.1, 0.15) is 5.69 Å². The standard InChI is InChI=1S/C13H12IN5O2/c14-11-5-4-8(6-17-11)10-3-1-2-9(18-10)7-21-13(20)19-12(15)16/h1-6H,7H2,(H4,15,16,19,20). The van der Waals surface area contributed by atoms with Crippen molar-refractivity contribution in [2.24, 2.45) is 16.5 Å². The van der Waals surface area contributed by atoms with E-state index in [0.717, 1.165) is 15.0 Å². The summed E-state index contributed by atoms with van der Waals surface area (Å²) in [7, 11) is 0. The highest BCUT2D eigenvalue weighted by Gasteiger charge is 2.05. The monoisotopic (exact) mass is 397 g/mol. The molecule has 2 rings (SSSR count). The molecule has 0 aromatic carbocycles. The van der Waals surface area contributed by atoms with Gasteiger partial charge < -0.3 is 16.2 Å². The second kappa shape index (κ2) is 6.97. The maximum absolute atomic E-state index is 11.2. The molecule has 0 spiro atoms. The summed E-state index contributed by atoms with van der Waals surface area (Å²) in [5.41, 5.74) is 12.4. The molecule has 21 heavy (non-hydrogen) atoms. The van der Waals surface area contributed by atoms with Crippen LogP contribution in [0.25, 0.3) is 11.3 Å². The molecule has 1 amide bonds. The molecule has 0 saturated carbocycles. The van der Waals surface area contributed by atoms with Gasteiger partial charge in [-0.15, -0.1) is 4.99 Å². The van der Waals surface area contributed by atoms with Gasteiger partial charge in [0, 0.05) is 11.8 Å². The first-order valence-corrected chi connectivity index (χ1v) is 6.97. The quantitative estimate of drug-likeness (QED) is 0.352. The Labute approximate surface area is 134 Å². The first kappa shape index (κ1) is 15.2. The molecule has 2 aromatic heterocycles. The number of rotatable bonds is 3.